The zero-order chi connectivity index (χ0) is 23.9. The van der Waals surface area contributed by atoms with Crippen molar-refractivity contribution in [1.29, 1.82) is 0 Å². The molecule has 0 spiro atoms. The summed E-state index contributed by atoms with van der Waals surface area (Å²) in [6, 6.07) is 8.35. The minimum atomic E-state index is -3.75. The highest BCUT2D eigenvalue weighted by Crippen LogP contribution is 2.31. The quantitative estimate of drug-likeness (QED) is 0.593. The van der Waals surface area contributed by atoms with Crippen molar-refractivity contribution >= 4 is 62.3 Å². The van der Waals surface area contributed by atoms with E-state index >= 15 is 0 Å². The van der Waals surface area contributed by atoms with Gasteiger partial charge in [-0.15, -0.1) is 0 Å². The smallest absolute Gasteiger partial charge is 0.292 e. The first-order valence-electron chi connectivity index (χ1n) is 10.1. The fraction of sp³-hybridized carbons (Fsp3) is 0.333. The van der Waals surface area contributed by atoms with Crippen molar-refractivity contribution in [2.75, 3.05) is 38.2 Å². The molecule has 2 saturated heterocycles. The van der Waals surface area contributed by atoms with Crippen molar-refractivity contribution in [3.05, 3.63) is 51.5 Å². The summed E-state index contributed by atoms with van der Waals surface area (Å²) in [5.41, 5.74) is 0.388. The van der Waals surface area contributed by atoms with Gasteiger partial charge in [0, 0.05) is 0 Å². The van der Waals surface area contributed by atoms with Crippen LogP contribution in [-0.2, 0) is 19.6 Å². The Hall–Kier alpha value is -1.88. The number of sulfonamides is 1. The van der Waals surface area contributed by atoms with E-state index in [4.69, 9.17) is 39.5 Å². The highest BCUT2D eigenvalue weighted by Gasteiger charge is 2.47. The number of piperazine rings is 1. The van der Waals surface area contributed by atoms with Gasteiger partial charge in [-0.25, -0.2) is 13.3 Å². The maximum atomic E-state index is 13.1. The van der Waals surface area contributed by atoms with E-state index in [0.717, 1.165) is 9.80 Å². The second-order valence-corrected chi connectivity index (χ2v) is 10.9. The van der Waals surface area contributed by atoms with E-state index < -0.39 is 16.1 Å². The number of hydrogen-bond acceptors (Lipinski definition) is 5. The van der Waals surface area contributed by atoms with Gasteiger partial charge in [0.25, 0.3) is 5.91 Å². The van der Waals surface area contributed by atoms with Crippen LogP contribution >= 0.6 is 34.8 Å². The van der Waals surface area contributed by atoms with Gasteiger partial charge >= 0.3 is 0 Å². The van der Waals surface area contributed by atoms with Crippen molar-refractivity contribution in [3.63, 3.8) is 0 Å². The molecule has 2 aliphatic heterocycles. The molecule has 1 atom stereocenters. The third kappa shape index (κ3) is 4.58. The molecule has 0 bridgehead atoms. The standard InChI is InChI=1S/C21H20Cl3N3O5S/c1-32-19-5-2-13(10-17(19)24)27-20(28)12-18(21(27)29)25-6-8-26(9-7-25)33(30,31)14-3-4-15(22)16(23)11-14/h2-5,10-11,18H,6-9,12H2,1H3/p+1/t18-/m0/s1. The minimum Gasteiger partial charge on any atom is -0.495 e. The Morgan fingerprint density at radius 3 is 2.27 bits per heavy atom. The summed E-state index contributed by atoms with van der Waals surface area (Å²) >= 11 is 18.0. The van der Waals surface area contributed by atoms with Gasteiger partial charge in [-0.05, 0) is 36.4 Å². The highest BCUT2D eigenvalue weighted by molar-refractivity contribution is 7.89. The van der Waals surface area contributed by atoms with Crippen LogP contribution in [0, 0.1) is 0 Å². The average Bonchev–Trinajstić information content (AvgIpc) is 3.09. The van der Waals surface area contributed by atoms with Crippen molar-refractivity contribution in [2.24, 2.45) is 0 Å². The van der Waals surface area contributed by atoms with Gasteiger partial charge in [0.15, 0.2) is 6.04 Å². The summed E-state index contributed by atoms with van der Waals surface area (Å²) in [5, 5.41) is 0.736. The summed E-state index contributed by atoms with van der Waals surface area (Å²) in [6.07, 6.45) is 0.0529. The number of imide groups is 1. The SMILES string of the molecule is COc1ccc(N2C(=O)C[C@H]([NH+]3CCN(S(=O)(=O)c4ccc(Cl)c(Cl)c4)CC3)C2=O)cc1Cl. The molecule has 4 rings (SSSR count). The molecule has 0 aliphatic carbocycles. The lowest BCUT2D eigenvalue weighted by Crippen LogP contribution is -3.19. The molecule has 12 heteroatoms. The van der Waals surface area contributed by atoms with Crippen LogP contribution in [0.1, 0.15) is 6.42 Å². The summed E-state index contributed by atoms with van der Waals surface area (Å²) in [5.74, 6) is -0.192. The van der Waals surface area contributed by atoms with Crippen molar-refractivity contribution < 1.29 is 27.6 Å². The normalized spacial score (nSPS) is 20.5. The van der Waals surface area contributed by atoms with Crippen LogP contribution in [0.15, 0.2) is 41.3 Å². The Kier molecular flexibility index (Phi) is 6.91. The van der Waals surface area contributed by atoms with Crippen LogP contribution in [0.5, 0.6) is 5.75 Å². The predicted molar refractivity (Wildman–Crippen MR) is 125 cm³/mol. The Morgan fingerprint density at radius 2 is 1.67 bits per heavy atom. The topological polar surface area (TPSA) is 88.4 Å². The fourth-order valence-electron chi connectivity index (χ4n) is 4.17. The molecule has 2 aromatic rings. The van der Waals surface area contributed by atoms with Gasteiger partial charge in [-0.1, -0.05) is 34.8 Å². The maximum absolute atomic E-state index is 13.1. The Balaban J connectivity index is 1.46. The third-order valence-electron chi connectivity index (χ3n) is 5.93. The van der Waals surface area contributed by atoms with Crippen LogP contribution in [-0.4, -0.2) is 63.9 Å². The number of benzene rings is 2. The average molecular weight is 534 g/mol. The second-order valence-electron chi connectivity index (χ2n) is 7.78. The van der Waals surface area contributed by atoms with Crippen LogP contribution in [0.4, 0.5) is 5.69 Å². The van der Waals surface area contributed by atoms with Crippen LogP contribution < -0.4 is 14.5 Å². The first-order chi connectivity index (χ1) is 15.6. The number of hydrogen-bond donors (Lipinski definition) is 1. The summed E-state index contributed by atoms with van der Waals surface area (Å²) in [4.78, 5) is 27.8. The highest BCUT2D eigenvalue weighted by atomic mass is 35.5. The number of halogens is 3. The van der Waals surface area contributed by atoms with Gasteiger partial charge in [0.2, 0.25) is 15.9 Å². The number of methoxy groups -OCH3 is 1. The molecule has 0 saturated carbocycles. The number of rotatable bonds is 5. The number of amides is 2. The monoisotopic (exact) mass is 532 g/mol. The van der Waals surface area contributed by atoms with Gasteiger partial charge in [-0.3, -0.25) is 9.59 Å². The second kappa shape index (κ2) is 9.40. The Bertz CT molecular complexity index is 1220. The zero-order valence-corrected chi connectivity index (χ0v) is 20.6. The van der Waals surface area contributed by atoms with Gasteiger partial charge in [0.1, 0.15) is 5.75 Å². The number of ether oxygens (including phenoxy) is 1. The van der Waals surface area contributed by atoms with Crippen LogP contribution in [0.3, 0.4) is 0 Å². The molecule has 2 amide bonds. The van der Waals surface area contributed by atoms with E-state index in [0.29, 0.717) is 29.5 Å². The van der Waals surface area contributed by atoms with E-state index in [-0.39, 0.29) is 46.3 Å². The van der Waals surface area contributed by atoms with Crippen molar-refractivity contribution in [3.8, 4) is 5.75 Å². The molecule has 0 aromatic heterocycles. The largest absolute Gasteiger partial charge is 0.495 e. The van der Waals surface area contributed by atoms with E-state index in [1.54, 1.807) is 12.1 Å². The molecular formula is C21H21Cl3N3O5S+. The maximum Gasteiger partial charge on any atom is 0.292 e. The van der Waals surface area contributed by atoms with Crippen LogP contribution in [0.25, 0.3) is 0 Å². The number of nitrogens with one attached hydrogen (secondary N) is 1. The number of nitrogens with zero attached hydrogens (tertiary/aromatic N) is 2. The van der Waals surface area contributed by atoms with E-state index in [1.165, 1.54) is 35.7 Å². The summed E-state index contributed by atoms with van der Waals surface area (Å²) < 4.78 is 32.4. The summed E-state index contributed by atoms with van der Waals surface area (Å²) in [7, 11) is -2.27. The predicted octanol–water partition coefficient (Wildman–Crippen LogP) is 1.88. The first kappa shape index (κ1) is 24.3. The lowest BCUT2D eigenvalue weighted by atomic mass is 10.2. The zero-order valence-electron chi connectivity index (χ0n) is 17.6. The van der Waals surface area contributed by atoms with E-state index in [2.05, 4.69) is 0 Å². The van der Waals surface area contributed by atoms with E-state index in [1.807, 2.05) is 0 Å². The fourth-order valence-corrected chi connectivity index (χ4v) is 6.25. The van der Waals surface area contributed by atoms with Gasteiger partial charge < -0.3 is 9.64 Å². The van der Waals surface area contributed by atoms with Crippen molar-refractivity contribution in [2.45, 2.75) is 17.4 Å². The molecule has 33 heavy (non-hydrogen) atoms. The molecule has 2 heterocycles. The van der Waals surface area contributed by atoms with Gasteiger partial charge in [-0.2, -0.15) is 4.31 Å². The molecule has 8 nitrogen and oxygen atoms in total. The molecule has 2 fully saturated rings. The lowest BCUT2D eigenvalue weighted by Gasteiger charge is -2.33. The third-order valence-corrected chi connectivity index (χ3v) is 8.86. The molecule has 0 radical (unpaired) electrons. The Labute approximate surface area is 206 Å². The lowest BCUT2D eigenvalue weighted by molar-refractivity contribution is -0.918. The molecule has 176 valence electrons. The van der Waals surface area contributed by atoms with Gasteiger partial charge in [0.05, 0.1) is 65.4 Å². The number of quaternary nitrogens is 1. The number of carbonyl (C=O) groups is 2. The molecular weight excluding hydrogens is 513 g/mol. The molecule has 2 aliphatic rings. The van der Waals surface area contributed by atoms with Crippen LogP contribution in [0.2, 0.25) is 15.1 Å². The first-order valence-corrected chi connectivity index (χ1v) is 12.7. The van der Waals surface area contributed by atoms with Crippen molar-refractivity contribution in [1.82, 2.24) is 4.31 Å². The molecule has 1 N–H and O–H groups in total. The molecule has 2 aromatic carbocycles. The number of carbonyl (C=O) groups excluding carboxylic acids is 2. The number of anilines is 1. The Morgan fingerprint density at radius 1 is 0.970 bits per heavy atom. The minimum absolute atomic E-state index is 0.0529. The molecule has 0 unspecified atom stereocenters. The summed E-state index contributed by atoms with van der Waals surface area (Å²) in [6.45, 7) is 1.21. The van der Waals surface area contributed by atoms with E-state index in [9.17, 15) is 18.0 Å².